The fraction of sp³-hybridized carbons (Fsp3) is 0.737. The van der Waals surface area contributed by atoms with E-state index in [1.165, 1.54) is 83.6 Å². The van der Waals surface area contributed by atoms with Crippen molar-refractivity contribution in [3.05, 3.63) is 45.9 Å². The molecule has 5 nitrogen and oxygen atoms in total. The lowest BCUT2D eigenvalue weighted by Gasteiger charge is -2.02. The maximum Gasteiger partial charge on any atom is 0.168 e. The van der Waals surface area contributed by atoms with Crippen LogP contribution in [0, 0.1) is 15.3 Å². The molecule has 0 saturated heterocycles. The Morgan fingerprint density at radius 2 is 1.08 bits per heavy atom. The molecule has 1 rings (SSSR count). The van der Waals surface area contributed by atoms with Gasteiger partial charge in [0.25, 0.3) is 0 Å². The van der Waals surface area contributed by atoms with Gasteiger partial charge in [0.2, 0.25) is 0 Å². The molecule has 1 aromatic rings. The molecule has 1 heterocycles. The Hall–Kier alpha value is -1.65. The molecule has 0 unspecified atom stereocenters. The minimum absolute atomic E-state index is 1.18. The first-order valence-corrected chi connectivity index (χ1v) is 9.42. The third-order valence-corrected chi connectivity index (χ3v) is 4.05. The molecular formula is C19H34N2O3. The summed E-state index contributed by atoms with van der Waals surface area (Å²) in [7, 11) is 0. The molecular weight excluding hydrogens is 304 g/mol. The second kappa shape index (κ2) is 17.7. The molecule has 0 amide bonds. The Bertz CT molecular complexity index is 381. The summed E-state index contributed by atoms with van der Waals surface area (Å²) in [6.45, 7) is 3.47. The lowest BCUT2D eigenvalue weighted by atomic mass is 10.1. The van der Waals surface area contributed by atoms with E-state index in [1.807, 2.05) is 0 Å². The molecule has 138 valence electrons. The highest BCUT2D eigenvalue weighted by Crippen LogP contribution is 2.11. The van der Waals surface area contributed by atoms with Crippen LogP contribution >= 0.6 is 0 Å². The van der Waals surface area contributed by atoms with Gasteiger partial charge in [0.15, 0.2) is 12.4 Å². The third-order valence-electron chi connectivity index (χ3n) is 4.05. The van der Waals surface area contributed by atoms with Crippen molar-refractivity contribution in [3.8, 4) is 0 Å². The lowest BCUT2D eigenvalue weighted by Crippen LogP contribution is -2.32. The van der Waals surface area contributed by atoms with Crippen LogP contribution in [0.2, 0.25) is 0 Å². The summed E-state index contributed by atoms with van der Waals surface area (Å²) < 4.78 is 2.29. The van der Waals surface area contributed by atoms with Gasteiger partial charge in [-0.3, -0.25) is 0 Å². The molecule has 0 radical (unpaired) electrons. The number of hydrogen-bond acceptors (Lipinski definition) is 3. The Morgan fingerprint density at radius 3 is 1.50 bits per heavy atom. The topological polar surface area (TPSA) is 70.1 Å². The fourth-order valence-corrected chi connectivity index (χ4v) is 2.72. The van der Waals surface area contributed by atoms with Crippen LogP contribution in [0.5, 0.6) is 0 Å². The number of pyridine rings is 1. The summed E-state index contributed by atoms with van der Waals surface area (Å²) in [5.74, 6) is 0. The molecule has 0 aromatic carbocycles. The highest BCUT2D eigenvalue weighted by Gasteiger charge is 1.97. The molecule has 0 N–H and O–H groups in total. The van der Waals surface area contributed by atoms with E-state index in [2.05, 4.69) is 42.1 Å². The van der Waals surface area contributed by atoms with Gasteiger partial charge in [0.1, 0.15) is 6.54 Å². The van der Waals surface area contributed by atoms with Gasteiger partial charge in [-0.1, -0.05) is 77.2 Å². The van der Waals surface area contributed by atoms with Crippen molar-refractivity contribution < 1.29 is 9.65 Å². The normalized spacial score (nSPS) is 10.0. The van der Waals surface area contributed by atoms with Gasteiger partial charge in [-0.15, -0.1) is 0 Å². The van der Waals surface area contributed by atoms with Crippen LogP contribution in [0.15, 0.2) is 30.6 Å². The van der Waals surface area contributed by atoms with E-state index in [0.717, 1.165) is 0 Å². The summed E-state index contributed by atoms with van der Waals surface area (Å²) in [6, 6.07) is 6.31. The zero-order chi connectivity index (χ0) is 17.9. The maximum atomic E-state index is 8.25. The third kappa shape index (κ3) is 18.4. The van der Waals surface area contributed by atoms with Crippen LogP contribution in [0.1, 0.15) is 84.0 Å². The van der Waals surface area contributed by atoms with Gasteiger partial charge in [-0.2, -0.15) is 0 Å². The van der Waals surface area contributed by atoms with Gasteiger partial charge >= 0.3 is 0 Å². The van der Waals surface area contributed by atoms with E-state index >= 15 is 0 Å². The molecule has 0 spiro atoms. The van der Waals surface area contributed by atoms with E-state index in [0.29, 0.717) is 0 Å². The molecule has 0 aliphatic heterocycles. The van der Waals surface area contributed by atoms with Crippen LogP contribution < -0.4 is 4.57 Å². The average Bonchev–Trinajstić information content (AvgIpc) is 2.56. The minimum Gasteiger partial charge on any atom is -0.356 e. The summed E-state index contributed by atoms with van der Waals surface area (Å²) >= 11 is 0. The Kier molecular flexibility index (Phi) is 16.5. The summed E-state index contributed by atoms with van der Waals surface area (Å²) in [6.07, 6.45) is 21.4. The molecule has 0 aliphatic rings. The van der Waals surface area contributed by atoms with Gasteiger partial charge in [-0.05, 0) is 6.42 Å². The number of hydrogen-bond donors (Lipinski definition) is 0. The smallest absolute Gasteiger partial charge is 0.168 e. The zero-order valence-electron chi connectivity index (χ0n) is 15.2. The van der Waals surface area contributed by atoms with Crippen molar-refractivity contribution in [2.24, 2.45) is 0 Å². The van der Waals surface area contributed by atoms with Crippen molar-refractivity contribution in [2.45, 2.75) is 90.5 Å². The first-order chi connectivity index (χ1) is 11.7. The van der Waals surface area contributed by atoms with Gasteiger partial charge in [0.05, 0.1) is 5.09 Å². The van der Waals surface area contributed by atoms with E-state index in [-0.39, 0.29) is 0 Å². The number of aromatic nitrogens is 1. The largest absolute Gasteiger partial charge is 0.356 e. The molecule has 0 saturated carbocycles. The fourth-order valence-electron chi connectivity index (χ4n) is 2.72. The minimum atomic E-state index is -1.75. The van der Waals surface area contributed by atoms with Crippen molar-refractivity contribution in [1.82, 2.24) is 0 Å². The first-order valence-electron chi connectivity index (χ1n) is 9.42. The summed E-state index contributed by atoms with van der Waals surface area (Å²) in [5.41, 5.74) is 0. The molecule has 0 aliphatic carbocycles. The van der Waals surface area contributed by atoms with Crippen molar-refractivity contribution in [3.63, 3.8) is 0 Å². The highest BCUT2D eigenvalue weighted by atomic mass is 16.9. The van der Waals surface area contributed by atoms with Crippen LogP contribution in [0.25, 0.3) is 0 Å². The molecule has 1 aromatic heterocycles. The molecule has 0 atom stereocenters. The Balaban J connectivity index is 0.00000118. The predicted molar refractivity (Wildman–Crippen MR) is 98.1 cm³/mol. The van der Waals surface area contributed by atoms with E-state index in [4.69, 9.17) is 15.3 Å². The van der Waals surface area contributed by atoms with Crippen LogP contribution in [-0.4, -0.2) is 5.09 Å². The predicted octanol–water partition coefficient (Wildman–Crippen LogP) is 5.44. The number of rotatable bonds is 13. The van der Waals surface area contributed by atoms with Gasteiger partial charge in [0, 0.05) is 18.6 Å². The van der Waals surface area contributed by atoms with Crippen molar-refractivity contribution in [2.75, 3.05) is 0 Å². The lowest BCUT2D eigenvalue weighted by molar-refractivity contribution is -0.697. The van der Waals surface area contributed by atoms with Gasteiger partial charge in [-0.25, -0.2) is 4.57 Å². The first kappa shape index (κ1) is 22.4. The Labute approximate surface area is 146 Å². The zero-order valence-corrected chi connectivity index (χ0v) is 15.2. The van der Waals surface area contributed by atoms with E-state index in [1.54, 1.807) is 0 Å². The maximum absolute atomic E-state index is 8.25. The van der Waals surface area contributed by atoms with Gasteiger partial charge < -0.3 is 15.3 Å². The molecule has 5 heteroatoms. The van der Waals surface area contributed by atoms with Crippen LogP contribution in [-0.2, 0) is 6.54 Å². The SMILES string of the molecule is CCCCCCCCCCCCCC[n+]1ccccc1.O=[N+]([O-])[O-]. The number of unbranched alkanes of at least 4 members (excludes halogenated alkanes) is 11. The van der Waals surface area contributed by atoms with Crippen molar-refractivity contribution in [1.29, 1.82) is 0 Å². The van der Waals surface area contributed by atoms with E-state index in [9.17, 15) is 0 Å². The van der Waals surface area contributed by atoms with Crippen molar-refractivity contribution >= 4 is 0 Å². The van der Waals surface area contributed by atoms with Crippen LogP contribution in [0.4, 0.5) is 0 Å². The molecule has 0 bridgehead atoms. The summed E-state index contributed by atoms with van der Waals surface area (Å²) in [5, 5.41) is 14.8. The highest BCUT2D eigenvalue weighted by molar-refractivity contribution is 4.83. The van der Waals surface area contributed by atoms with Crippen LogP contribution in [0.3, 0.4) is 0 Å². The average molecular weight is 338 g/mol. The molecule has 0 fully saturated rings. The standard InChI is InChI=1S/C19H34N.NO3/c1-2-3-4-5-6-7-8-9-10-11-12-14-17-20-18-15-13-16-19-20;2-1(3)4/h13,15-16,18-19H,2-12,14,17H2,1H3;/q+1;-1. The quantitative estimate of drug-likeness (QED) is 0.208. The second-order valence-corrected chi connectivity index (χ2v) is 6.23. The number of nitrogens with zero attached hydrogens (tertiary/aromatic N) is 2. The monoisotopic (exact) mass is 338 g/mol. The second-order valence-electron chi connectivity index (χ2n) is 6.23. The molecule has 24 heavy (non-hydrogen) atoms. The Morgan fingerprint density at radius 1 is 0.708 bits per heavy atom. The van der Waals surface area contributed by atoms with E-state index < -0.39 is 5.09 Å². The number of aryl methyl sites for hydroxylation is 1. The summed E-state index contributed by atoms with van der Waals surface area (Å²) in [4.78, 5) is 8.25.